The van der Waals surface area contributed by atoms with E-state index >= 15 is 0 Å². The molecule has 0 amide bonds. The Morgan fingerprint density at radius 1 is 0.961 bits per heavy atom. The molecule has 0 radical (unpaired) electrons. The van der Waals surface area contributed by atoms with Gasteiger partial charge in [-0.1, -0.05) is 12.1 Å². The number of carbonyl (C=O) groups excluding carboxylic acids is 1. The molecule has 0 bridgehead atoms. The van der Waals surface area contributed by atoms with Gasteiger partial charge in [0.05, 0.1) is 30.6 Å². The Kier molecular flexibility index (Phi) is 9.71. The molecular weight excluding hydrogens is 714 g/mol. The van der Waals surface area contributed by atoms with Gasteiger partial charge in [0.15, 0.2) is 12.0 Å². The Morgan fingerprint density at radius 2 is 1.67 bits per heavy atom. The van der Waals surface area contributed by atoms with Crippen LogP contribution in [0.25, 0.3) is 11.3 Å². The maximum atomic E-state index is 14.5. The molecule has 2 aromatic heterocycles. The van der Waals surface area contributed by atoms with Gasteiger partial charge in [-0.15, -0.1) is 0 Å². The number of rotatable bonds is 11. The molecule has 0 aliphatic carbocycles. The summed E-state index contributed by atoms with van der Waals surface area (Å²) in [4.78, 5) is 17.6. The maximum Gasteiger partial charge on any atom is 0.534 e. The molecule has 51 heavy (non-hydrogen) atoms. The fourth-order valence-corrected chi connectivity index (χ4v) is 7.88. The summed E-state index contributed by atoms with van der Waals surface area (Å²) in [7, 11) is -6.79. The minimum Gasteiger partial charge on any atom is -0.497 e. The predicted octanol–water partition coefficient (Wildman–Crippen LogP) is 5.55. The lowest BCUT2D eigenvalue weighted by Gasteiger charge is -2.32. The number of hydrogen-bond acceptors (Lipinski definition) is 10. The second-order valence-electron chi connectivity index (χ2n) is 11.8. The standard InChI is InChI=1S/C34H31F3N4O8S2/c1-39-22-38-17-27(39)20-40-19-26(15-23-3-6-29(7-4-23)49-51(45,46)34(35,36)37)41(50(43,44)31-11-8-28(47-2)9-12-31)18-25-16-24(5-13-32(25)40)33-14-10-30(21-42)48-33/h3-14,16-17,21-22,26H,15,18-20H2,1-2H3/t26-/m1/s1. The molecule has 5 aromatic rings. The summed E-state index contributed by atoms with van der Waals surface area (Å²) in [6.07, 6.45) is 4.03. The number of benzene rings is 3. The van der Waals surface area contributed by atoms with E-state index in [1.807, 2.05) is 34.7 Å². The number of ether oxygens (including phenoxy) is 1. The Hall–Kier alpha value is -5.13. The number of aldehydes is 1. The van der Waals surface area contributed by atoms with Gasteiger partial charge >= 0.3 is 15.6 Å². The molecule has 268 valence electrons. The highest BCUT2D eigenvalue weighted by Gasteiger charge is 2.48. The van der Waals surface area contributed by atoms with Gasteiger partial charge in [-0.25, -0.2) is 13.4 Å². The second kappa shape index (κ2) is 13.9. The van der Waals surface area contributed by atoms with Gasteiger partial charge in [-0.05, 0) is 84.3 Å². The zero-order chi connectivity index (χ0) is 36.6. The summed E-state index contributed by atoms with van der Waals surface area (Å²) in [6, 6.07) is 18.8. The van der Waals surface area contributed by atoms with Crippen LogP contribution in [-0.2, 0) is 46.7 Å². The summed E-state index contributed by atoms with van der Waals surface area (Å²) in [6.45, 7) is 0.425. The van der Waals surface area contributed by atoms with Gasteiger partial charge < -0.3 is 22.8 Å². The Morgan fingerprint density at radius 3 is 2.27 bits per heavy atom. The van der Waals surface area contributed by atoms with Crippen LogP contribution >= 0.6 is 0 Å². The molecule has 6 rings (SSSR count). The third-order valence-corrected chi connectivity index (χ3v) is 11.3. The first-order valence-electron chi connectivity index (χ1n) is 15.3. The van der Waals surface area contributed by atoms with Crippen molar-refractivity contribution in [2.45, 2.75) is 36.0 Å². The van der Waals surface area contributed by atoms with E-state index in [2.05, 4.69) is 9.17 Å². The molecule has 0 saturated heterocycles. The molecule has 1 aliphatic rings. The molecule has 1 aliphatic heterocycles. The molecule has 3 heterocycles. The van der Waals surface area contributed by atoms with Crippen LogP contribution in [-0.4, -0.2) is 62.2 Å². The summed E-state index contributed by atoms with van der Waals surface area (Å²) in [5.74, 6) is 0.460. The highest BCUT2D eigenvalue weighted by atomic mass is 32.2. The fourth-order valence-electron chi connectivity index (χ4n) is 5.83. The van der Waals surface area contributed by atoms with Gasteiger partial charge in [-0.2, -0.15) is 25.9 Å². The number of aryl methyl sites for hydroxylation is 1. The van der Waals surface area contributed by atoms with Crippen molar-refractivity contribution in [2.24, 2.45) is 7.05 Å². The normalized spacial score (nSPS) is 15.6. The number of hydrogen-bond donors (Lipinski definition) is 0. The predicted molar refractivity (Wildman–Crippen MR) is 179 cm³/mol. The zero-order valence-electron chi connectivity index (χ0n) is 27.1. The molecular formula is C34H31F3N4O8S2. The van der Waals surface area contributed by atoms with Crippen LogP contribution in [0.4, 0.5) is 18.9 Å². The number of carbonyl (C=O) groups is 1. The monoisotopic (exact) mass is 744 g/mol. The number of alkyl halides is 3. The van der Waals surface area contributed by atoms with Crippen LogP contribution in [0.2, 0.25) is 0 Å². The average Bonchev–Trinajstić information content (AvgIpc) is 3.72. The zero-order valence-corrected chi connectivity index (χ0v) is 28.8. The van der Waals surface area contributed by atoms with E-state index in [4.69, 9.17) is 9.15 Å². The number of aromatic nitrogens is 2. The van der Waals surface area contributed by atoms with Gasteiger partial charge in [0.1, 0.15) is 17.3 Å². The fraction of sp³-hybridized carbons (Fsp3) is 0.235. The van der Waals surface area contributed by atoms with E-state index in [1.54, 1.807) is 18.6 Å². The Balaban J connectivity index is 1.43. The van der Waals surface area contributed by atoms with Crippen molar-refractivity contribution in [2.75, 3.05) is 18.6 Å². The van der Waals surface area contributed by atoms with E-state index in [1.165, 1.54) is 53.9 Å². The van der Waals surface area contributed by atoms with Crippen molar-refractivity contribution in [3.8, 4) is 22.8 Å². The van der Waals surface area contributed by atoms with Crippen molar-refractivity contribution >= 4 is 32.1 Å². The molecule has 1 atom stereocenters. The van der Waals surface area contributed by atoms with Crippen LogP contribution in [0.15, 0.2) is 101 Å². The minimum absolute atomic E-state index is 0.00820. The number of fused-ring (bicyclic) bond motifs is 1. The van der Waals surface area contributed by atoms with Crippen LogP contribution in [0.3, 0.4) is 0 Å². The highest BCUT2D eigenvalue weighted by Crippen LogP contribution is 2.37. The molecule has 12 nitrogen and oxygen atoms in total. The summed E-state index contributed by atoms with van der Waals surface area (Å²) >= 11 is 0. The molecule has 0 spiro atoms. The summed E-state index contributed by atoms with van der Waals surface area (Å²) < 4.78 is 109. The molecule has 0 saturated carbocycles. The molecule has 17 heteroatoms. The van der Waals surface area contributed by atoms with Crippen LogP contribution in [0, 0.1) is 0 Å². The van der Waals surface area contributed by atoms with Crippen LogP contribution in [0.1, 0.15) is 27.4 Å². The van der Waals surface area contributed by atoms with Gasteiger partial charge in [0, 0.05) is 43.6 Å². The first-order valence-corrected chi connectivity index (χ1v) is 18.2. The van der Waals surface area contributed by atoms with Crippen molar-refractivity contribution < 1.29 is 48.1 Å². The van der Waals surface area contributed by atoms with Gasteiger partial charge in [0.25, 0.3) is 0 Å². The smallest absolute Gasteiger partial charge is 0.497 e. The second-order valence-corrected chi connectivity index (χ2v) is 15.2. The Labute approximate surface area is 291 Å². The van der Waals surface area contributed by atoms with E-state index in [0.29, 0.717) is 41.0 Å². The number of anilines is 1. The number of furan rings is 1. The average molecular weight is 745 g/mol. The number of nitrogens with zero attached hydrogens (tertiary/aromatic N) is 4. The number of imidazole rings is 1. The topological polar surface area (TPSA) is 141 Å². The maximum absolute atomic E-state index is 14.5. The first kappa shape index (κ1) is 35.7. The summed E-state index contributed by atoms with van der Waals surface area (Å²) in [5.41, 5.74) is -2.27. The van der Waals surface area contributed by atoms with E-state index in [0.717, 1.165) is 23.5 Å². The minimum atomic E-state index is -5.88. The first-order chi connectivity index (χ1) is 24.2. The highest BCUT2D eigenvalue weighted by molar-refractivity contribution is 7.89. The molecule has 0 fully saturated rings. The van der Waals surface area contributed by atoms with E-state index < -0.39 is 37.4 Å². The van der Waals surface area contributed by atoms with Crippen LogP contribution < -0.4 is 13.8 Å². The van der Waals surface area contributed by atoms with Gasteiger partial charge in [-0.3, -0.25) is 4.79 Å². The summed E-state index contributed by atoms with van der Waals surface area (Å²) in [5, 5.41) is 0. The SMILES string of the molecule is COc1ccc(S(=O)(=O)N2Cc3cc(-c4ccc(C=O)o4)ccc3N(Cc3cncn3C)C[C@H]2Cc2ccc(OS(=O)(=O)C(F)(F)F)cc2)cc1. The quantitative estimate of drug-likeness (QED) is 0.0960. The molecule has 0 unspecified atom stereocenters. The Bertz CT molecular complexity index is 2250. The van der Waals surface area contributed by atoms with Crippen molar-refractivity contribution in [3.05, 3.63) is 114 Å². The van der Waals surface area contributed by atoms with Crippen molar-refractivity contribution in [3.63, 3.8) is 0 Å². The van der Waals surface area contributed by atoms with E-state index in [-0.39, 0.29) is 30.2 Å². The van der Waals surface area contributed by atoms with Crippen LogP contribution in [0.5, 0.6) is 11.5 Å². The lowest BCUT2D eigenvalue weighted by molar-refractivity contribution is -0.0500. The third kappa shape index (κ3) is 7.50. The molecule has 3 aromatic carbocycles. The number of halogens is 3. The largest absolute Gasteiger partial charge is 0.534 e. The van der Waals surface area contributed by atoms with Gasteiger partial charge in [0.2, 0.25) is 10.0 Å². The lowest BCUT2D eigenvalue weighted by atomic mass is 10.1. The number of sulfonamides is 1. The van der Waals surface area contributed by atoms with Crippen molar-refractivity contribution in [1.82, 2.24) is 13.9 Å². The van der Waals surface area contributed by atoms with Crippen molar-refractivity contribution in [1.29, 1.82) is 0 Å². The molecule has 0 N–H and O–H groups in total. The number of methoxy groups -OCH3 is 1. The van der Waals surface area contributed by atoms with E-state index in [9.17, 15) is 34.8 Å². The lowest BCUT2D eigenvalue weighted by Crippen LogP contribution is -2.45. The third-order valence-electron chi connectivity index (χ3n) is 8.43.